The van der Waals surface area contributed by atoms with Gasteiger partial charge in [-0.25, -0.2) is 4.79 Å². The number of ether oxygens (including phenoxy) is 1. The number of alkyl carbamates (subject to hydrolysis) is 1. The fourth-order valence-corrected chi connectivity index (χ4v) is 2.93. The Balaban J connectivity index is 1.93. The lowest BCUT2D eigenvalue weighted by Crippen LogP contribution is -2.49. The summed E-state index contributed by atoms with van der Waals surface area (Å²) in [5, 5.41) is 13.7. The van der Waals surface area contributed by atoms with Crippen LogP contribution in [0.5, 0.6) is 0 Å². The third-order valence-corrected chi connectivity index (χ3v) is 3.99. The van der Waals surface area contributed by atoms with Gasteiger partial charge in [-0.3, -0.25) is 10.1 Å². The minimum Gasteiger partial charge on any atom is -0.444 e. The number of rotatable bonds is 3. The largest absolute Gasteiger partial charge is 0.444 e. The van der Waals surface area contributed by atoms with Crippen LogP contribution >= 0.6 is 0 Å². The molecule has 0 saturated carbocycles. The van der Waals surface area contributed by atoms with E-state index in [9.17, 15) is 14.9 Å². The molecule has 7 heteroatoms. The van der Waals surface area contributed by atoms with Crippen molar-refractivity contribution in [2.75, 3.05) is 11.4 Å². The van der Waals surface area contributed by atoms with Crippen molar-refractivity contribution in [1.29, 1.82) is 0 Å². The van der Waals surface area contributed by atoms with Crippen molar-refractivity contribution in [1.82, 2.24) is 5.32 Å². The lowest BCUT2D eigenvalue weighted by atomic mass is 9.97. The van der Waals surface area contributed by atoms with Crippen LogP contribution in [0.3, 0.4) is 0 Å². The smallest absolute Gasteiger partial charge is 0.407 e. The van der Waals surface area contributed by atoms with Crippen molar-refractivity contribution in [2.45, 2.75) is 58.2 Å². The zero-order chi connectivity index (χ0) is 17.9. The third-order valence-electron chi connectivity index (χ3n) is 3.99. The predicted octanol–water partition coefficient (Wildman–Crippen LogP) is 3.48. The first-order valence-electron chi connectivity index (χ1n) is 8.16. The van der Waals surface area contributed by atoms with Gasteiger partial charge in [-0.15, -0.1) is 0 Å². The molecule has 1 fully saturated rings. The van der Waals surface area contributed by atoms with Crippen LogP contribution < -0.4 is 10.2 Å². The quantitative estimate of drug-likeness (QED) is 0.675. The van der Waals surface area contributed by atoms with Crippen molar-refractivity contribution in [3.8, 4) is 0 Å². The molecule has 1 aliphatic rings. The van der Waals surface area contributed by atoms with E-state index in [2.05, 4.69) is 17.1 Å². The van der Waals surface area contributed by atoms with E-state index in [0.717, 1.165) is 25.1 Å². The first kappa shape index (κ1) is 18.0. The molecule has 0 radical (unpaired) electrons. The molecule has 1 aromatic carbocycles. The van der Waals surface area contributed by atoms with E-state index in [1.807, 2.05) is 20.8 Å². The maximum absolute atomic E-state index is 11.9. The molecule has 1 aliphatic heterocycles. The van der Waals surface area contributed by atoms with Gasteiger partial charge in [0.1, 0.15) is 5.60 Å². The van der Waals surface area contributed by atoms with Gasteiger partial charge in [0.2, 0.25) is 0 Å². The highest BCUT2D eigenvalue weighted by Gasteiger charge is 2.28. The van der Waals surface area contributed by atoms with Crippen molar-refractivity contribution >= 4 is 17.5 Å². The number of anilines is 1. The van der Waals surface area contributed by atoms with Crippen LogP contribution in [0.15, 0.2) is 24.3 Å². The summed E-state index contributed by atoms with van der Waals surface area (Å²) >= 11 is 0. The van der Waals surface area contributed by atoms with Gasteiger partial charge in [0.05, 0.1) is 4.92 Å². The number of piperidine rings is 1. The Hall–Kier alpha value is -2.31. The SMILES string of the molecule is CC1CC(NC(=O)OC(C)(C)C)CCN1c1ccc([N+](=O)[O-])cc1. The molecule has 0 spiro atoms. The minimum absolute atomic E-state index is 0.0733. The van der Waals surface area contributed by atoms with E-state index in [-0.39, 0.29) is 23.9 Å². The maximum atomic E-state index is 11.9. The second-order valence-electron chi connectivity index (χ2n) is 7.18. The summed E-state index contributed by atoms with van der Waals surface area (Å²) in [6.07, 6.45) is 1.22. The Morgan fingerprint density at radius 3 is 2.46 bits per heavy atom. The lowest BCUT2D eigenvalue weighted by molar-refractivity contribution is -0.384. The maximum Gasteiger partial charge on any atom is 0.407 e. The molecular weight excluding hydrogens is 310 g/mol. The Labute approximate surface area is 142 Å². The Kier molecular flexibility index (Phi) is 5.31. The average Bonchev–Trinajstić information content (AvgIpc) is 2.45. The molecule has 1 N–H and O–H groups in total. The zero-order valence-corrected chi connectivity index (χ0v) is 14.6. The van der Waals surface area contributed by atoms with E-state index in [0.29, 0.717) is 0 Å². The zero-order valence-electron chi connectivity index (χ0n) is 14.6. The molecule has 2 rings (SSSR count). The molecule has 7 nitrogen and oxygen atoms in total. The molecule has 24 heavy (non-hydrogen) atoms. The number of nitro groups is 1. The highest BCUT2D eigenvalue weighted by atomic mass is 16.6. The second kappa shape index (κ2) is 7.07. The molecule has 0 aliphatic carbocycles. The van der Waals surface area contributed by atoms with Crippen molar-refractivity contribution in [3.05, 3.63) is 34.4 Å². The molecule has 1 heterocycles. The summed E-state index contributed by atoms with van der Waals surface area (Å²) in [5.74, 6) is 0. The number of nitro benzene ring substituents is 1. The molecule has 2 atom stereocenters. The standard InChI is InChI=1S/C17H25N3O4/c1-12-11-13(18-16(21)24-17(2,3)4)9-10-19(12)14-5-7-15(8-6-14)20(22)23/h5-8,12-13H,9-11H2,1-4H3,(H,18,21). The third kappa shape index (κ3) is 4.84. The molecule has 0 aromatic heterocycles. The van der Waals surface area contributed by atoms with Gasteiger partial charge in [-0.2, -0.15) is 0 Å². The molecule has 1 saturated heterocycles. The van der Waals surface area contributed by atoms with Gasteiger partial charge in [0.15, 0.2) is 0 Å². The van der Waals surface area contributed by atoms with Crippen molar-refractivity contribution < 1.29 is 14.5 Å². The monoisotopic (exact) mass is 335 g/mol. The van der Waals surface area contributed by atoms with Gasteiger partial charge < -0.3 is 15.0 Å². The second-order valence-corrected chi connectivity index (χ2v) is 7.18. The lowest BCUT2D eigenvalue weighted by Gasteiger charge is -2.39. The Morgan fingerprint density at radius 2 is 1.96 bits per heavy atom. The number of carbonyl (C=O) groups excluding carboxylic acids is 1. The van der Waals surface area contributed by atoms with Crippen LogP contribution in [0.25, 0.3) is 0 Å². The fourth-order valence-electron chi connectivity index (χ4n) is 2.93. The summed E-state index contributed by atoms with van der Waals surface area (Å²) < 4.78 is 5.30. The number of nitrogens with zero attached hydrogens (tertiary/aromatic N) is 2. The molecule has 1 amide bonds. The number of amides is 1. The van der Waals surface area contributed by atoms with Crippen LogP contribution in [-0.2, 0) is 4.74 Å². The molecule has 132 valence electrons. The highest BCUT2D eigenvalue weighted by Crippen LogP contribution is 2.26. The van der Waals surface area contributed by atoms with Crippen LogP contribution in [0.1, 0.15) is 40.5 Å². The number of carbonyl (C=O) groups is 1. The van der Waals surface area contributed by atoms with Crippen LogP contribution in [0, 0.1) is 10.1 Å². The van der Waals surface area contributed by atoms with Gasteiger partial charge in [-0.05, 0) is 52.7 Å². The predicted molar refractivity (Wildman–Crippen MR) is 92.3 cm³/mol. The first-order valence-corrected chi connectivity index (χ1v) is 8.16. The highest BCUT2D eigenvalue weighted by molar-refractivity contribution is 5.68. The minimum atomic E-state index is -0.505. The Bertz CT molecular complexity index is 595. The average molecular weight is 335 g/mol. The van der Waals surface area contributed by atoms with Gasteiger partial charge in [0.25, 0.3) is 5.69 Å². The van der Waals surface area contributed by atoms with Crippen molar-refractivity contribution in [2.24, 2.45) is 0 Å². The summed E-state index contributed by atoms with van der Waals surface area (Å²) in [7, 11) is 0. The molecule has 2 unspecified atom stereocenters. The molecular formula is C17H25N3O4. The fraction of sp³-hybridized carbons (Fsp3) is 0.588. The van der Waals surface area contributed by atoms with Crippen LogP contribution in [0.4, 0.5) is 16.2 Å². The summed E-state index contributed by atoms with van der Waals surface area (Å²) in [5.41, 5.74) is 0.548. The van der Waals surface area contributed by atoms with E-state index in [1.54, 1.807) is 12.1 Å². The van der Waals surface area contributed by atoms with E-state index in [1.165, 1.54) is 12.1 Å². The Morgan fingerprint density at radius 1 is 1.33 bits per heavy atom. The van der Waals surface area contributed by atoms with E-state index in [4.69, 9.17) is 4.74 Å². The number of benzene rings is 1. The molecule has 0 bridgehead atoms. The van der Waals surface area contributed by atoms with Gasteiger partial charge in [0, 0.05) is 36.4 Å². The molecule has 1 aromatic rings. The summed E-state index contributed by atoms with van der Waals surface area (Å²) in [4.78, 5) is 24.4. The topological polar surface area (TPSA) is 84.7 Å². The van der Waals surface area contributed by atoms with Gasteiger partial charge >= 0.3 is 6.09 Å². The normalized spacial score (nSPS) is 21.2. The summed E-state index contributed by atoms with van der Waals surface area (Å²) in [6, 6.07) is 6.89. The van der Waals surface area contributed by atoms with Crippen molar-refractivity contribution in [3.63, 3.8) is 0 Å². The van der Waals surface area contributed by atoms with Crippen LogP contribution in [-0.4, -0.2) is 35.2 Å². The van der Waals surface area contributed by atoms with Gasteiger partial charge in [-0.1, -0.05) is 0 Å². The number of nitrogens with one attached hydrogen (secondary N) is 1. The number of hydrogen-bond donors (Lipinski definition) is 1. The van der Waals surface area contributed by atoms with E-state index >= 15 is 0 Å². The first-order chi connectivity index (χ1) is 11.2. The van der Waals surface area contributed by atoms with E-state index < -0.39 is 10.5 Å². The number of hydrogen-bond acceptors (Lipinski definition) is 5. The van der Waals surface area contributed by atoms with Crippen LogP contribution in [0.2, 0.25) is 0 Å². The summed E-state index contributed by atoms with van der Waals surface area (Å²) in [6.45, 7) is 8.38. The number of non-ortho nitro benzene ring substituents is 1.